The van der Waals surface area contributed by atoms with Gasteiger partial charge in [0, 0.05) is 18.2 Å². The lowest BCUT2D eigenvalue weighted by molar-refractivity contribution is 0.692. The van der Waals surface area contributed by atoms with Crippen LogP contribution in [-0.4, -0.2) is 17.5 Å². The second kappa shape index (κ2) is 7.97. The van der Waals surface area contributed by atoms with E-state index < -0.39 is 0 Å². The maximum Gasteiger partial charge on any atom is 0.0139 e. The fourth-order valence-electron chi connectivity index (χ4n) is 0.731. The molecule has 0 bridgehead atoms. The molecule has 1 atom stereocenters. The molecule has 0 amide bonds. The molecule has 2 heteroatoms. The SMILES string of the molecule is C#CCCC(N)CSCCC. The van der Waals surface area contributed by atoms with Crippen LogP contribution in [0.5, 0.6) is 0 Å². The van der Waals surface area contributed by atoms with Crippen LogP contribution in [0.3, 0.4) is 0 Å². The van der Waals surface area contributed by atoms with E-state index in [0.29, 0.717) is 6.04 Å². The van der Waals surface area contributed by atoms with Crippen molar-refractivity contribution in [1.29, 1.82) is 0 Å². The van der Waals surface area contributed by atoms with E-state index in [1.165, 1.54) is 12.2 Å². The Bertz CT molecular complexity index is 117. The molecule has 1 unspecified atom stereocenters. The van der Waals surface area contributed by atoms with E-state index in [9.17, 15) is 0 Å². The molecule has 64 valence electrons. The minimum Gasteiger partial charge on any atom is -0.327 e. The monoisotopic (exact) mass is 171 g/mol. The molecule has 0 aliphatic carbocycles. The third-order valence-corrected chi connectivity index (χ3v) is 2.70. The molecule has 0 aromatic heterocycles. The fraction of sp³-hybridized carbons (Fsp3) is 0.778. The molecule has 0 spiro atoms. The van der Waals surface area contributed by atoms with Gasteiger partial charge < -0.3 is 5.73 Å². The van der Waals surface area contributed by atoms with Gasteiger partial charge in [0.2, 0.25) is 0 Å². The van der Waals surface area contributed by atoms with Crippen LogP contribution in [-0.2, 0) is 0 Å². The van der Waals surface area contributed by atoms with E-state index in [0.717, 1.165) is 18.6 Å². The second-order valence-electron chi connectivity index (χ2n) is 2.58. The van der Waals surface area contributed by atoms with Crippen molar-refractivity contribution in [2.24, 2.45) is 5.73 Å². The number of terminal acetylenes is 1. The Morgan fingerprint density at radius 2 is 2.36 bits per heavy atom. The Kier molecular flexibility index (Phi) is 7.88. The average molecular weight is 171 g/mol. The molecule has 0 saturated carbocycles. The lowest BCUT2D eigenvalue weighted by Crippen LogP contribution is -2.22. The molecule has 0 aromatic rings. The highest BCUT2D eigenvalue weighted by Crippen LogP contribution is 2.06. The molecule has 0 aromatic carbocycles. The number of hydrogen-bond acceptors (Lipinski definition) is 2. The number of hydrogen-bond donors (Lipinski definition) is 1. The van der Waals surface area contributed by atoms with Crippen LogP contribution in [0.4, 0.5) is 0 Å². The summed E-state index contributed by atoms with van der Waals surface area (Å²) in [6.07, 6.45) is 8.13. The second-order valence-corrected chi connectivity index (χ2v) is 3.73. The Balaban J connectivity index is 3.10. The van der Waals surface area contributed by atoms with Crippen molar-refractivity contribution in [3.63, 3.8) is 0 Å². The van der Waals surface area contributed by atoms with Gasteiger partial charge in [-0.3, -0.25) is 0 Å². The van der Waals surface area contributed by atoms with Gasteiger partial charge >= 0.3 is 0 Å². The summed E-state index contributed by atoms with van der Waals surface area (Å²) in [5.74, 6) is 4.86. The first-order valence-electron chi connectivity index (χ1n) is 4.08. The Morgan fingerprint density at radius 3 is 2.91 bits per heavy atom. The molecule has 1 nitrogen and oxygen atoms in total. The highest BCUT2D eigenvalue weighted by Gasteiger charge is 1.99. The quantitative estimate of drug-likeness (QED) is 0.488. The van der Waals surface area contributed by atoms with Crippen LogP contribution in [0.15, 0.2) is 0 Å². The van der Waals surface area contributed by atoms with Gasteiger partial charge in [0.05, 0.1) is 0 Å². The summed E-state index contributed by atoms with van der Waals surface area (Å²) in [5, 5.41) is 0. The minimum absolute atomic E-state index is 0.294. The third-order valence-electron chi connectivity index (χ3n) is 1.34. The first-order chi connectivity index (χ1) is 5.31. The van der Waals surface area contributed by atoms with Crippen LogP contribution in [0, 0.1) is 12.3 Å². The van der Waals surface area contributed by atoms with Gasteiger partial charge in [-0.15, -0.1) is 12.3 Å². The average Bonchev–Trinajstić information content (AvgIpc) is 2.01. The molecular formula is C9H17NS. The largest absolute Gasteiger partial charge is 0.327 e. The molecule has 0 fully saturated rings. The first-order valence-corrected chi connectivity index (χ1v) is 5.23. The summed E-state index contributed by atoms with van der Waals surface area (Å²) < 4.78 is 0. The minimum atomic E-state index is 0.294. The van der Waals surface area contributed by atoms with Crippen molar-refractivity contribution in [2.75, 3.05) is 11.5 Å². The molecule has 0 aliphatic rings. The molecular weight excluding hydrogens is 154 g/mol. The van der Waals surface area contributed by atoms with E-state index in [1.54, 1.807) is 0 Å². The van der Waals surface area contributed by atoms with E-state index in [2.05, 4.69) is 12.8 Å². The summed E-state index contributed by atoms with van der Waals surface area (Å²) in [7, 11) is 0. The van der Waals surface area contributed by atoms with Crippen LogP contribution < -0.4 is 5.73 Å². The first kappa shape index (κ1) is 10.9. The zero-order chi connectivity index (χ0) is 8.53. The maximum atomic E-state index is 5.78. The predicted molar refractivity (Wildman–Crippen MR) is 53.7 cm³/mol. The van der Waals surface area contributed by atoms with Crippen molar-refractivity contribution in [1.82, 2.24) is 0 Å². The summed E-state index contributed by atoms with van der Waals surface area (Å²) >= 11 is 1.92. The van der Waals surface area contributed by atoms with E-state index in [4.69, 9.17) is 12.2 Å². The van der Waals surface area contributed by atoms with Gasteiger partial charge in [0.1, 0.15) is 0 Å². The van der Waals surface area contributed by atoms with Crippen LogP contribution >= 0.6 is 11.8 Å². The van der Waals surface area contributed by atoms with Gasteiger partial charge in [0.15, 0.2) is 0 Å². The summed E-state index contributed by atoms with van der Waals surface area (Å²) in [4.78, 5) is 0. The third kappa shape index (κ3) is 7.77. The van der Waals surface area contributed by atoms with Gasteiger partial charge in [-0.05, 0) is 18.6 Å². The van der Waals surface area contributed by atoms with Crippen molar-refractivity contribution in [3.05, 3.63) is 0 Å². The lowest BCUT2D eigenvalue weighted by atomic mass is 10.2. The van der Waals surface area contributed by atoms with Gasteiger partial charge in [-0.1, -0.05) is 6.92 Å². The Labute approximate surface area is 74.1 Å². The molecule has 0 aliphatic heterocycles. The molecule has 0 radical (unpaired) electrons. The topological polar surface area (TPSA) is 26.0 Å². The molecule has 0 saturated heterocycles. The predicted octanol–water partition coefficient (Wildman–Crippen LogP) is 1.87. The van der Waals surface area contributed by atoms with Gasteiger partial charge in [-0.25, -0.2) is 0 Å². The van der Waals surface area contributed by atoms with Crippen molar-refractivity contribution >= 4 is 11.8 Å². The van der Waals surface area contributed by atoms with Crippen LogP contribution in [0.25, 0.3) is 0 Å². The summed E-state index contributed by atoms with van der Waals surface area (Å²) in [6.45, 7) is 2.18. The zero-order valence-corrected chi connectivity index (χ0v) is 7.99. The highest BCUT2D eigenvalue weighted by atomic mass is 32.2. The molecule has 0 heterocycles. The molecule has 2 N–H and O–H groups in total. The van der Waals surface area contributed by atoms with Gasteiger partial charge in [-0.2, -0.15) is 11.8 Å². The smallest absolute Gasteiger partial charge is 0.0139 e. The number of rotatable bonds is 6. The van der Waals surface area contributed by atoms with Crippen molar-refractivity contribution < 1.29 is 0 Å². The van der Waals surface area contributed by atoms with E-state index in [1.807, 2.05) is 11.8 Å². The molecule has 11 heavy (non-hydrogen) atoms. The highest BCUT2D eigenvalue weighted by molar-refractivity contribution is 7.99. The molecule has 0 rings (SSSR count). The van der Waals surface area contributed by atoms with Gasteiger partial charge in [0.25, 0.3) is 0 Å². The Hall–Kier alpha value is -0.130. The zero-order valence-electron chi connectivity index (χ0n) is 7.18. The van der Waals surface area contributed by atoms with Crippen LogP contribution in [0.1, 0.15) is 26.2 Å². The van der Waals surface area contributed by atoms with Crippen molar-refractivity contribution in [3.8, 4) is 12.3 Å². The standard InChI is InChI=1S/C9H17NS/c1-3-5-6-9(10)8-11-7-4-2/h1,9H,4-8,10H2,2H3. The van der Waals surface area contributed by atoms with Crippen LogP contribution in [0.2, 0.25) is 0 Å². The number of thioether (sulfide) groups is 1. The van der Waals surface area contributed by atoms with Crippen molar-refractivity contribution in [2.45, 2.75) is 32.2 Å². The lowest BCUT2D eigenvalue weighted by Gasteiger charge is -2.07. The fourth-order valence-corrected chi connectivity index (χ4v) is 1.66. The van der Waals surface area contributed by atoms with E-state index >= 15 is 0 Å². The maximum absolute atomic E-state index is 5.78. The normalized spacial score (nSPS) is 12.5. The number of nitrogens with two attached hydrogens (primary N) is 1. The summed E-state index contributed by atoms with van der Waals surface area (Å²) in [6, 6.07) is 0.294. The summed E-state index contributed by atoms with van der Waals surface area (Å²) in [5.41, 5.74) is 5.78. The van der Waals surface area contributed by atoms with E-state index in [-0.39, 0.29) is 0 Å². The Morgan fingerprint density at radius 1 is 1.64 bits per heavy atom.